The molecule has 0 aliphatic carbocycles. The first kappa shape index (κ1) is 21.4. The molecule has 0 rings (SSSR count). The van der Waals surface area contributed by atoms with Crippen LogP contribution in [0.4, 0.5) is 0 Å². The molecule has 0 aliphatic rings. The number of rotatable bonds is 13. The molecule has 0 fully saturated rings. The Kier molecular flexibility index (Phi) is 13.6. The van der Waals surface area contributed by atoms with Gasteiger partial charge in [-0.3, -0.25) is 0 Å². The second kappa shape index (κ2) is 14.0. The Hall–Kier alpha value is -0.611. The van der Waals surface area contributed by atoms with Crippen molar-refractivity contribution in [3.05, 3.63) is 15.7 Å². The number of nitrogens with zero attached hydrogens (tertiary/aromatic N) is 2. The molecule has 0 atom stereocenters. The third-order valence-electron chi connectivity index (χ3n) is 4.04. The van der Waals surface area contributed by atoms with Crippen molar-refractivity contribution in [2.75, 3.05) is 6.61 Å². The Labute approximate surface area is 139 Å². The molecule has 126 valence electrons. The van der Waals surface area contributed by atoms with Gasteiger partial charge in [-0.05, 0) is 0 Å². The van der Waals surface area contributed by atoms with Crippen molar-refractivity contribution in [1.82, 2.24) is 0 Å². The summed E-state index contributed by atoms with van der Waals surface area (Å²) in [7, 11) is 0. The Morgan fingerprint density at radius 3 is 1.95 bits per heavy atom. The molecule has 0 saturated carbocycles. The van der Waals surface area contributed by atoms with Crippen molar-refractivity contribution in [3.8, 4) is 0 Å². The van der Waals surface area contributed by atoms with Gasteiger partial charge in [0.1, 0.15) is 0 Å². The normalized spacial score (nSPS) is 11.4. The van der Waals surface area contributed by atoms with Crippen molar-refractivity contribution >= 4 is 30.6 Å². The van der Waals surface area contributed by atoms with E-state index in [9.17, 15) is 4.79 Å². The third-order valence-corrected chi connectivity index (χ3v) is 18.3. The van der Waals surface area contributed by atoms with Crippen LogP contribution in [0.15, 0.2) is 10.2 Å². The van der Waals surface area contributed by atoms with Gasteiger partial charge in [0.25, 0.3) is 0 Å². The summed E-state index contributed by atoms with van der Waals surface area (Å²) in [6.07, 6.45) is 10.6. The van der Waals surface area contributed by atoms with E-state index in [0.29, 0.717) is 0 Å². The second-order valence-electron chi connectivity index (χ2n) is 5.95. The molecule has 0 N–H and O–H groups in total. The number of esters is 1. The van der Waals surface area contributed by atoms with E-state index in [-0.39, 0.29) is 6.61 Å². The molecule has 0 spiro atoms. The number of carbonyl (C=O) groups excluding carboxylic acids is 1. The molecule has 0 aromatic carbocycles. The van der Waals surface area contributed by atoms with Crippen LogP contribution in [0, 0.1) is 0 Å². The fourth-order valence-corrected chi connectivity index (χ4v) is 17.0. The molecular formula is C17H32N2O2Sn. The zero-order valence-corrected chi connectivity index (χ0v) is 17.4. The van der Waals surface area contributed by atoms with Gasteiger partial charge in [-0.1, -0.05) is 0 Å². The molecule has 5 heteroatoms. The summed E-state index contributed by atoms with van der Waals surface area (Å²) in [5.41, 5.74) is 8.27. The predicted octanol–water partition coefficient (Wildman–Crippen LogP) is 4.77. The van der Waals surface area contributed by atoms with Gasteiger partial charge in [-0.25, -0.2) is 0 Å². The van der Waals surface area contributed by atoms with E-state index in [2.05, 4.69) is 29.7 Å². The van der Waals surface area contributed by atoms with E-state index >= 15 is 0 Å². The number of hydrogen-bond acceptors (Lipinski definition) is 2. The average Bonchev–Trinajstić information content (AvgIpc) is 2.52. The van der Waals surface area contributed by atoms with Crippen LogP contribution >= 0.6 is 0 Å². The zero-order valence-electron chi connectivity index (χ0n) is 14.5. The number of carbonyl (C=O) groups is 1. The molecule has 0 heterocycles. The summed E-state index contributed by atoms with van der Waals surface area (Å²) in [4.78, 5) is 13.8. The van der Waals surface area contributed by atoms with E-state index in [4.69, 9.17) is 10.3 Å². The molecule has 0 amide bonds. The van der Waals surface area contributed by atoms with Gasteiger partial charge in [0.05, 0.1) is 0 Å². The van der Waals surface area contributed by atoms with Gasteiger partial charge in [0, 0.05) is 0 Å². The maximum absolute atomic E-state index is 11.1. The number of hydrogen-bond donors (Lipinski definition) is 0. The first-order valence-electron chi connectivity index (χ1n) is 8.66. The number of unbranched alkanes of at least 4 members (excludes halogenated alkanes) is 3. The third kappa shape index (κ3) is 10.2. The van der Waals surface area contributed by atoms with Crippen LogP contribution in [0.2, 0.25) is 13.3 Å². The molecule has 0 saturated heterocycles. The van der Waals surface area contributed by atoms with Gasteiger partial charge < -0.3 is 0 Å². The van der Waals surface area contributed by atoms with Crippen molar-refractivity contribution in [2.45, 2.75) is 72.6 Å². The topological polar surface area (TPSA) is 62.7 Å². The van der Waals surface area contributed by atoms with Gasteiger partial charge in [0.15, 0.2) is 0 Å². The van der Waals surface area contributed by atoms with Crippen LogP contribution in [-0.4, -0.2) is 42.0 Å². The molecule has 0 unspecified atom stereocenters. The zero-order chi connectivity index (χ0) is 16.7. The van der Waals surface area contributed by atoms with E-state index < -0.39 is 24.3 Å². The van der Waals surface area contributed by atoms with Crippen LogP contribution in [0.25, 0.3) is 5.53 Å². The summed E-state index contributed by atoms with van der Waals surface area (Å²) in [6, 6.07) is 0. The van der Waals surface area contributed by atoms with E-state index in [1.165, 1.54) is 51.8 Å². The molecule has 0 aromatic heterocycles. The summed E-state index contributed by atoms with van der Waals surface area (Å²) in [5.74, 6) is -0.594. The second-order valence-corrected chi connectivity index (χ2v) is 19.0. The standard InChI is InChI=1S/C5H5N2O2.3C4H9.Sn/c1-2-3-9-5(8)4-7-6;3*1-3-4-2;/h1-2,4H,3H2;3*1,3-4H2,2H3;. The minimum atomic E-state index is -2.24. The Morgan fingerprint density at radius 2 is 1.55 bits per heavy atom. The van der Waals surface area contributed by atoms with Crippen LogP contribution in [0.1, 0.15) is 59.3 Å². The van der Waals surface area contributed by atoms with Crippen molar-refractivity contribution < 1.29 is 14.3 Å². The summed E-state index contributed by atoms with van der Waals surface area (Å²) >= 11 is -2.24. The Bertz CT molecular complexity index is 355. The summed E-state index contributed by atoms with van der Waals surface area (Å²) in [6.45, 7) is 7.07. The quantitative estimate of drug-likeness (QED) is 0.143. The Balaban J connectivity index is 4.75. The fourth-order valence-electron chi connectivity index (χ4n) is 2.72. The van der Waals surface area contributed by atoms with Gasteiger partial charge >= 0.3 is 140 Å². The Morgan fingerprint density at radius 1 is 1.05 bits per heavy atom. The number of ether oxygens (including phenoxy) is 1. The average molecular weight is 415 g/mol. The summed E-state index contributed by atoms with van der Waals surface area (Å²) in [5, 5.41) is 0. The van der Waals surface area contributed by atoms with Crippen molar-refractivity contribution in [3.63, 3.8) is 0 Å². The predicted molar refractivity (Wildman–Crippen MR) is 94.7 cm³/mol. The van der Waals surface area contributed by atoms with Gasteiger partial charge in [0.2, 0.25) is 0 Å². The van der Waals surface area contributed by atoms with Gasteiger partial charge in [-0.2, -0.15) is 0 Å². The molecule has 0 radical (unpaired) electrons. The summed E-state index contributed by atoms with van der Waals surface area (Å²) < 4.78 is 11.7. The van der Waals surface area contributed by atoms with Gasteiger partial charge in [-0.15, -0.1) is 0 Å². The minimum absolute atomic E-state index is 0.286. The van der Waals surface area contributed by atoms with Crippen LogP contribution in [-0.2, 0) is 9.53 Å². The fraction of sp³-hybridized carbons (Fsp3) is 0.765. The molecule has 0 aromatic rings. The van der Waals surface area contributed by atoms with Crippen molar-refractivity contribution in [2.24, 2.45) is 0 Å². The van der Waals surface area contributed by atoms with Crippen LogP contribution in [0.3, 0.4) is 0 Å². The SMILES string of the molecule is CCC[CH2][Sn](/[CH]=C\COC(=O)C=[N+]=[N-])([CH2]CCC)[CH2]CCC. The van der Waals surface area contributed by atoms with E-state index in [1.54, 1.807) is 0 Å². The molecule has 0 bridgehead atoms. The van der Waals surface area contributed by atoms with Crippen LogP contribution < -0.4 is 0 Å². The molecule has 4 nitrogen and oxygen atoms in total. The molecule has 0 aliphatic heterocycles. The van der Waals surface area contributed by atoms with E-state index in [0.717, 1.165) is 6.21 Å². The first-order valence-corrected chi connectivity index (χ1v) is 16.4. The maximum atomic E-state index is 11.1. The monoisotopic (exact) mass is 416 g/mol. The molecular weight excluding hydrogens is 383 g/mol. The van der Waals surface area contributed by atoms with Crippen molar-refractivity contribution in [1.29, 1.82) is 0 Å². The van der Waals surface area contributed by atoms with E-state index in [1.807, 2.05) is 6.08 Å². The molecule has 22 heavy (non-hydrogen) atoms. The van der Waals surface area contributed by atoms with Crippen LogP contribution in [0.5, 0.6) is 0 Å². The first-order chi connectivity index (χ1) is 10.6.